The normalized spacial score (nSPS) is 12.1. The number of nitrogens with zero attached hydrogens (tertiary/aromatic N) is 4. The fourth-order valence-corrected chi connectivity index (χ4v) is 11.6. The maximum atomic E-state index is 2.42. The van der Waals surface area contributed by atoms with Gasteiger partial charge in [0.15, 0.2) is 0 Å². The molecule has 0 radical (unpaired) electrons. The van der Waals surface area contributed by atoms with Gasteiger partial charge in [-0.05, 0) is 144 Å². The van der Waals surface area contributed by atoms with Gasteiger partial charge >= 0.3 is 0 Å². The summed E-state index contributed by atoms with van der Waals surface area (Å²) in [5.41, 5.74) is 19.6. The first-order chi connectivity index (χ1) is 33.6. The van der Waals surface area contributed by atoms with Crippen molar-refractivity contribution in [3.8, 4) is 44.8 Å². The monoisotopic (exact) mass is 870 g/mol. The molecule has 0 saturated carbocycles. The Hall–Kier alpha value is -8.60. The zero-order chi connectivity index (χ0) is 45.0. The average molecular weight is 871 g/mol. The largest absolute Gasteiger partial charge is 0.341 e. The van der Waals surface area contributed by atoms with Gasteiger partial charge in [0.05, 0.1) is 22.1 Å². The van der Waals surface area contributed by atoms with Crippen molar-refractivity contribution in [1.82, 2.24) is 18.3 Å². The molecule has 68 heavy (non-hydrogen) atoms. The highest BCUT2D eigenvalue weighted by molar-refractivity contribution is 6.14. The molecule has 322 valence electrons. The number of benzene rings is 10. The zero-order valence-corrected chi connectivity index (χ0v) is 38.0. The second-order valence-corrected chi connectivity index (χ2v) is 18.2. The second-order valence-electron chi connectivity index (χ2n) is 18.2. The minimum Gasteiger partial charge on any atom is -0.341 e. The number of aromatic nitrogens is 4. The molecule has 14 rings (SSSR count). The summed E-state index contributed by atoms with van der Waals surface area (Å²) in [6.07, 6.45) is 0. The van der Waals surface area contributed by atoms with E-state index in [1.165, 1.54) is 121 Å². The third-order valence-electron chi connectivity index (χ3n) is 14.8. The van der Waals surface area contributed by atoms with Gasteiger partial charge in [0.25, 0.3) is 0 Å². The summed E-state index contributed by atoms with van der Waals surface area (Å²) in [6, 6.07) is 81.2. The van der Waals surface area contributed by atoms with Crippen molar-refractivity contribution in [2.75, 3.05) is 0 Å². The molecule has 0 saturated heterocycles. The maximum absolute atomic E-state index is 2.42. The van der Waals surface area contributed by atoms with Gasteiger partial charge in [-0.1, -0.05) is 121 Å². The second kappa shape index (κ2) is 15.0. The van der Waals surface area contributed by atoms with E-state index in [9.17, 15) is 0 Å². The van der Waals surface area contributed by atoms with Crippen LogP contribution in [0.4, 0.5) is 0 Å². The van der Waals surface area contributed by atoms with E-state index >= 15 is 0 Å². The molecule has 0 spiro atoms. The van der Waals surface area contributed by atoms with Gasteiger partial charge in [0, 0.05) is 89.6 Å². The SMILES string of the molecule is CCn1c2ccccc2c2cc(-c3ccc4c(c3)c3ccccc3n4-c3ccc(-c4ccc(-n5c6ccccc6c6cc(-c7ccc8c(c7)c7ccccc7n8CC)ccc65)cc4)cc3)ccc21. The standard InChI is InChI=1S/C64H46N4/c1-3-65-57-17-9-5-13-49(57)53-37-43(25-33-59(53)65)45-27-35-63-55(39-45)51-15-7-11-19-61(51)67(63)47-29-21-41(22-30-47)42-23-31-48(32-24-42)68-62-20-12-8-16-52(62)56-40-46(28-36-64(56)68)44-26-34-60-54(38-44)50-14-6-10-18-58(50)66(60)4-2/h5-40H,3-4H2,1-2H3. The lowest BCUT2D eigenvalue weighted by Crippen LogP contribution is -1.95. The lowest BCUT2D eigenvalue weighted by Gasteiger charge is -2.12. The first kappa shape index (κ1) is 38.6. The van der Waals surface area contributed by atoms with E-state index < -0.39 is 0 Å². The summed E-state index contributed by atoms with van der Waals surface area (Å²) < 4.78 is 9.66. The van der Waals surface area contributed by atoms with Crippen molar-refractivity contribution < 1.29 is 0 Å². The molecule has 4 nitrogen and oxygen atoms in total. The van der Waals surface area contributed by atoms with Gasteiger partial charge in [0.2, 0.25) is 0 Å². The summed E-state index contributed by atoms with van der Waals surface area (Å²) in [5, 5.41) is 10.3. The quantitative estimate of drug-likeness (QED) is 0.152. The average Bonchev–Trinajstić information content (AvgIpc) is 4.12. The molecule has 0 aliphatic rings. The molecule has 0 N–H and O–H groups in total. The Bertz CT molecular complexity index is 4040. The fraction of sp³-hybridized carbons (Fsp3) is 0.0625. The Kier molecular flexibility index (Phi) is 8.50. The van der Waals surface area contributed by atoms with Crippen molar-refractivity contribution >= 4 is 87.2 Å². The predicted molar refractivity (Wildman–Crippen MR) is 289 cm³/mol. The van der Waals surface area contributed by atoms with Crippen LogP contribution >= 0.6 is 0 Å². The molecule has 0 fully saturated rings. The van der Waals surface area contributed by atoms with E-state index in [0.717, 1.165) is 24.5 Å². The van der Waals surface area contributed by atoms with Crippen molar-refractivity contribution in [1.29, 1.82) is 0 Å². The summed E-state index contributed by atoms with van der Waals surface area (Å²) in [6.45, 7) is 6.34. The Labute approximate surface area is 393 Å². The minimum atomic E-state index is 0.944. The molecular formula is C64H46N4. The smallest absolute Gasteiger partial charge is 0.0541 e. The summed E-state index contributed by atoms with van der Waals surface area (Å²) >= 11 is 0. The van der Waals surface area contributed by atoms with Crippen LogP contribution in [-0.2, 0) is 13.1 Å². The van der Waals surface area contributed by atoms with E-state index in [-0.39, 0.29) is 0 Å². The molecule has 14 aromatic rings. The molecule has 0 aliphatic heterocycles. The van der Waals surface area contributed by atoms with E-state index in [1.807, 2.05) is 0 Å². The molecule has 0 amide bonds. The van der Waals surface area contributed by atoms with Crippen LogP contribution in [0.15, 0.2) is 218 Å². The van der Waals surface area contributed by atoms with Crippen LogP contribution in [0.2, 0.25) is 0 Å². The van der Waals surface area contributed by atoms with Gasteiger partial charge in [-0.2, -0.15) is 0 Å². The highest BCUT2D eigenvalue weighted by Gasteiger charge is 2.18. The lowest BCUT2D eigenvalue weighted by atomic mass is 10.0. The number of hydrogen-bond acceptors (Lipinski definition) is 0. The summed E-state index contributed by atoms with van der Waals surface area (Å²) in [5.74, 6) is 0. The van der Waals surface area contributed by atoms with E-state index in [4.69, 9.17) is 0 Å². The summed E-state index contributed by atoms with van der Waals surface area (Å²) in [4.78, 5) is 0. The van der Waals surface area contributed by atoms with Crippen molar-refractivity contribution in [3.63, 3.8) is 0 Å². The van der Waals surface area contributed by atoms with Crippen LogP contribution in [0.3, 0.4) is 0 Å². The molecule has 0 bridgehead atoms. The van der Waals surface area contributed by atoms with Gasteiger partial charge in [-0.25, -0.2) is 0 Å². The lowest BCUT2D eigenvalue weighted by molar-refractivity contribution is 0.827. The Morgan fingerprint density at radius 1 is 0.235 bits per heavy atom. The number of aryl methyl sites for hydroxylation is 2. The number of fused-ring (bicyclic) bond motifs is 12. The molecule has 0 unspecified atom stereocenters. The highest BCUT2D eigenvalue weighted by Crippen LogP contribution is 2.40. The third-order valence-corrected chi connectivity index (χ3v) is 14.8. The number of hydrogen-bond donors (Lipinski definition) is 0. The summed E-state index contributed by atoms with van der Waals surface area (Å²) in [7, 11) is 0. The van der Waals surface area contributed by atoms with Gasteiger partial charge in [0.1, 0.15) is 0 Å². The fourth-order valence-electron chi connectivity index (χ4n) is 11.6. The molecule has 4 heteroatoms. The maximum Gasteiger partial charge on any atom is 0.0541 e. The van der Waals surface area contributed by atoms with Gasteiger partial charge < -0.3 is 18.3 Å². The third kappa shape index (κ3) is 5.67. The van der Waals surface area contributed by atoms with Crippen molar-refractivity contribution in [2.24, 2.45) is 0 Å². The van der Waals surface area contributed by atoms with E-state index in [0.29, 0.717) is 0 Å². The highest BCUT2D eigenvalue weighted by atomic mass is 15.0. The first-order valence-corrected chi connectivity index (χ1v) is 23.9. The van der Waals surface area contributed by atoms with Crippen LogP contribution in [0.25, 0.3) is 132 Å². The van der Waals surface area contributed by atoms with E-state index in [2.05, 4.69) is 251 Å². The van der Waals surface area contributed by atoms with Crippen LogP contribution in [0.1, 0.15) is 13.8 Å². The Morgan fingerprint density at radius 2 is 0.485 bits per heavy atom. The van der Waals surface area contributed by atoms with Crippen LogP contribution in [-0.4, -0.2) is 18.3 Å². The van der Waals surface area contributed by atoms with Crippen LogP contribution < -0.4 is 0 Å². The van der Waals surface area contributed by atoms with Crippen LogP contribution in [0, 0.1) is 0 Å². The molecule has 0 atom stereocenters. The minimum absolute atomic E-state index is 0.944. The zero-order valence-electron chi connectivity index (χ0n) is 38.0. The molecule has 4 heterocycles. The molecule has 10 aromatic carbocycles. The van der Waals surface area contributed by atoms with E-state index in [1.54, 1.807) is 0 Å². The van der Waals surface area contributed by atoms with Crippen LogP contribution in [0.5, 0.6) is 0 Å². The molecule has 4 aromatic heterocycles. The van der Waals surface area contributed by atoms with Gasteiger partial charge in [-0.3, -0.25) is 0 Å². The van der Waals surface area contributed by atoms with Gasteiger partial charge in [-0.15, -0.1) is 0 Å². The Morgan fingerprint density at radius 3 is 0.838 bits per heavy atom. The van der Waals surface area contributed by atoms with Crippen molar-refractivity contribution in [2.45, 2.75) is 26.9 Å². The number of rotatable bonds is 7. The molecule has 0 aliphatic carbocycles. The Balaban J connectivity index is 0.794. The van der Waals surface area contributed by atoms with Crippen molar-refractivity contribution in [3.05, 3.63) is 218 Å². The molecular weight excluding hydrogens is 825 g/mol. The number of para-hydroxylation sites is 4. The topological polar surface area (TPSA) is 19.7 Å². The first-order valence-electron chi connectivity index (χ1n) is 23.9. The predicted octanol–water partition coefficient (Wildman–Crippen LogP) is 17.1.